The second-order valence-electron chi connectivity index (χ2n) is 5.91. The summed E-state index contributed by atoms with van der Waals surface area (Å²) in [5, 5.41) is 9.25. The van der Waals surface area contributed by atoms with Crippen molar-refractivity contribution in [3.63, 3.8) is 0 Å². The van der Waals surface area contributed by atoms with Crippen LogP contribution in [0.15, 0.2) is 18.2 Å². The second-order valence-corrected chi connectivity index (χ2v) is 7.76. The number of carboxylic acids is 1. The highest BCUT2D eigenvalue weighted by atomic mass is 32.2. The Bertz CT molecular complexity index is 719. The Labute approximate surface area is 135 Å². The van der Waals surface area contributed by atoms with Crippen LogP contribution in [-0.2, 0) is 21.4 Å². The number of carboxylic acid groups (broad SMARTS) is 1. The topological polar surface area (TPSA) is 87.2 Å². The van der Waals surface area contributed by atoms with Gasteiger partial charge in [-0.05, 0) is 36.5 Å². The summed E-state index contributed by atoms with van der Waals surface area (Å²) in [5.74, 6) is -0.815. The Hall–Kier alpha value is -1.64. The average molecular weight is 340 g/mol. The number of methoxy groups -OCH3 is 1. The van der Waals surface area contributed by atoms with Crippen molar-refractivity contribution in [3.05, 3.63) is 29.3 Å². The van der Waals surface area contributed by atoms with Gasteiger partial charge in [-0.3, -0.25) is 4.31 Å². The van der Waals surface area contributed by atoms with E-state index < -0.39 is 16.2 Å². The molecule has 1 N–H and O–H groups in total. The van der Waals surface area contributed by atoms with Gasteiger partial charge in [0.25, 0.3) is 0 Å². The fourth-order valence-corrected chi connectivity index (χ4v) is 5.12. The SMILES string of the molecule is COCC1CCN(S(=O)(=O)N2CCc3c(C(=O)O)cccc32)C1. The van der Waals surface area contributed by atoms with E-state index in [0.29, 0.717) is 37.4 Å². The summed E-state index contributed by atoms with van der Waals surface area (Å²) >= 11 is 0. The van der Waals surface area contributed by atoms with Crippen molar-refractivity contribution < 1.29 is 23.1 Å². The third-order valence-electron chi connectivity index (χ3n) is 4.47. The van der Waals surface area contributed by atoms with Crippen LogP contribution in [0.1, 0.15) is 22.3 Å². The Balaban J connectivity index is 1.87. The fraction of sp³-hybridized carbons (Fsp3) is 0.533. The molecule has 0 amide bonds. The lowest BCUT2D eigenvalue weighted by Crippen LogP contribution is -2.42. The minimum absolute atomic E-state index is 0.180. The van der Waals surface area contributed by atoms with E-state index in [2.05, 4.69) is 0 Å². The number of ether oxygens (including phenoxy) is 1. The summed E-state index contributed by atoms with van der Waals surface area (Å²) in [6.07, 6.45) is 1.20. The Morgan fingerprint density at radius 1 is 1.39 bits per heavy atom. The van der Waals surface area contributed by atoms with E-state index >= 15 is 0 Å². The molecule has 0 spiro atoms. The van der Waals surface area contributed by atoms with Crippen LogP contribution < -0.4 is 4.31 Å². The van der Waals surface area contributed by atoms with E-state index in [4.69, 9.17) is 4.74 Å². The molecule has 1 aromatic rings. The lowest BCUT2D eigenvalue weighted by atomic mass is 10.1. The van der Waals surface area contributed by atoms with Crippen LogP contribution in [0.4, 0.5) is 5.69 Å². The molecule has 0 aromatic heterocycles. The van der Waals surface area contributed by atoms with Gasteiger partial charge in [-0.2, -0.15) is 12.7 Å². The third kappa shape index (κ3) is 2.82. The lowest BCUT2D eigenvalue weighted by Gasteiger charge is -2.26. The molecule has 0 aliphatic carbocycles. The molecule has 8 heteroatoms. The van der Waals surface area contributed by atoms with E-state index in [0.717, 1.165) is 6.42 Å². The van der Waals surface area contributed by atoms with E-state index in [-0.39, 0.29) is 18.0 Å². The van der Waals surface area contributed by atoms with Gasteiger partial charge in [-0.1, -0.05) is 6.07 Å². The molecule has 7 nitrogen and oxygen atoms in total. The molecule has 126 valence electrons. The van der Waals surface area contributed by atoms with Crippen molar-refractivity contribution in [3.8, 4) is 0 Å². The van der Waals surface area contributed by atoms with Crippen molar-refractivity contribution in [2.24, 2.45) is 5.92 Å². The third-order valence-corrected chi connectivity index (χ3v) is 6.39. The molecule has 1 fully saturated rings. The molecule has 2 aliphatic heterocycles. The first-order valence-electron chi connectivity index (χ1n) is 7.57. The minimum atomic E-state index is -3.63. The van der Waals surface area contributed by atoms with Crippen LogP contribution >= 0.6 is 0 Å². The van der Waals surface area contributed by atoms with Crippen LogP contribution in [0.2, 0.25) is 0 Å². The van der Waals surface area contributed by atoms with Gasteiger partial charge in [0.1, 0.15) is 0 Å². The molecule has 0 bridgehead atoms. The summed E-state index contributed by atoms with van der Waals surface area (Å²) in [6, 6.07) is 4.78. The molecule has 1 atom stereocenters. The van der Waals surface area contributed by atoms with Gasteiger partial charge < -0.3 is 9.84 Å². The lowest BCUT2D eigenvalue weighted by molar-refractivity contribution is 0.0696. The molecular formula is C15H20N2O5S. The van der Waals surface area contributed by atoms with Gasteiger partial charge >= 0.3 is 16.2 Å². The van der Waals surface area contributed by atoms with Crippen LogP contribution in [0.25, 0.3) is 0 Å². The Morgan fingerprint density at radius 2 is 2.17 bits per heavy atom. The number of benzene rings is 1. The first-order valence-corrected chi connectivity index (χ1v) is 8.96. The molecule has 0 radical (unpaired) electrons. The predicted molar refractivity (Wildman–Crippen MR) is 84.9 cm³/mol. The number of nitrogens with zero attached hydrogens (tertiary/aromatic N) is 2. The number of aromatic carboxylic acids is 1. The normalized spacial score (nSPS) is 21.6. The zero-order chi connectivity index (χ0) is 16.6. The largest absolute Gasteiger partial charge is 0.478 e. The first kappa shape index (κ1) is 16.2. The van der Waals surface area contributed by atoms with Crippen molar-refractivity contribution in [2.45, 2.75) is 12.8 Å². The maximum Gasteiger partial charge on any atom is 0.336 e. The molecule has 1 aromatic carbocycles. The van der Waals surface area contributed by atoms with E-state index in [9.17, 15) is 18.3 Å². The summed E-state index contributed by atoms with van der Waals surface area (Å²) in [6.45, 7) is 1.75. The minimum Gasteiger partial charge on any atom is -0.478 e. The molecule has 23 heavy (non-hydrogen) atoms. The summed E-state index contributed by atoms with van der Waals surface area (Å²) < 4.78 is 33.7. The monoisotopic (exact) mass is 340 g/mol. The standard InChI is InChI=1S/C15H20N2O5S/c1-22-10-11-5-7-16(9-11)23(20,21)17-8-6-12-13(15(18)19)3-2-4-14(12)17/h2-4,11H,5-10H2,1H3,(H,18,19). The van der Waals surface area contributed by atoms with Crippen LogP contribution in [0.3, 0.4) is 0 Å². The molecule has 2 heterocycles. The number of carbonyl (C=O) groups is 1. The van der Waals surface area contributed by atoms with Gasteiger partial charge in [-0.25, -0.2) is 4.79 Å². The maximum absolute atomic E-state index is 12.9. The van der Waals surface area contributed by atoms with E-state index in [1.165, 1.54) is 14.7 Å². The fourth-order valence-electron chi connectivity index (χ4n) is 3.36. The van der Waals surface area contributed by atoms with E-state index in [1.807, 2.05) is 0 Å². The van der Waals surface area contributed by atoms with Gasteiger partial charge in [0, 0.05) is 26.7 Å². The molecule has 1 saturated heterocycles. The van der Waals surface area contributed by atoms with Gasteiger partial charge in [0.15, 0.2) is 0 Å². The number of hydrogen-bond acceptors (Lipinski definition) is 4. The van der Waals surface area contributed by atoms with Gasteiger partial charge in [0.2, 0.25) is 0 Å². The smallest absolute Gasteiger partial charge is 0.336 e. The van der Waals surface area contributed by atoms with E-state index in [1.54, 1.807) is 19.2 Å². The maximum atomic E-state index is 12.9. The zero-order valence-corrected chi connectivity index (χ0v) is 13.8. The predicted octanol–water partition coefficient (Wildman–Crippen LogP) is 0.960. The molecule has 3 rings (SSSR count). The van der Waals surface area contributed by atoms with Crippen LogP contribution in [0, 0.1) is 5.92 Å². The summed E-state index contributed by atoms with van der Waals surface area (Å²) in [7, 11) is -2.01. The first-order chi connectivity index (χ1) is 10.9. The molecular weight excluding hydrogens is 320 g/mol. The number of fused-ring (bicyclic) bond motifs is 1. The van der Waals surface area contributed by atoms with Crippen molar-refractivity contribution in [2.75, 3.05) is 37.7 Å². The van der Waals surface area contributed by atoms with Crippen molar-refractivity contribution >= 4 is 21.9 Å². The molecule has 1 unspecified atom stereocenters. The zero-order valence-electron chi connectivity index (χ0n) is 12.9. The van der Waals surface area contributed by atoms with Crippen molar-refractivity contribution in [1.82, 2.24) is 4.31 Å². The highest BCUT2D eigenvalue weighted by Crippen LogP contribution is 2.35. The molecule has 2 aliphatic rings. The van der Waals surface area contributed by atoms with Crippen LogP contribution in [-0.4, -0.2) is 57.1 Å². The van der Waals surface area contributed by atoms with Gasteiger partial charge in [0.05, 0.1) is 17.9 Å². The Morgan fingerprint density at radius 3 is 2.87 bits per heavy atom. The summed E-state index contributed by atoms with van der Waals surface area (Å²) in [4.78, 5) is 11.3. The molecule has 0 saturated carbocycles. The van der Waals surface area contributed by atoms with Crippen LogP contribution in [0.5, 0.6) is 0 Å². The average Bonchev–Trinajstić information content (AvgIpc) is 3.13. The quantitative estimate of drug-likeness (QED) is 0.863. The number of anilines is 1. The summed E-state index contributed by atoms with van der Waals surface area (Å²) in [5.41, 5.74) is 1.26. The second kappa shape index (κ2) is 6.10. The highest BCUT2D eigenvalue weighted by Gasteiger charge is 2.39. The number of rotatable bonds is 5. The highest BCUT2D eigenvalue weighted by molar-refractivity contribution is 7.90. The van der Waals surface area contributed by atoms with Crippen molar-refractivity contribution in [1.29, 1.82) is 0 Å². The number of hydrogen-bond donors (Lipinski definition) is 1. The Kier molecular flexibility index (Phi) is 4.31. The van der Waals surface area contributed by atoms with Gasteiger partial charge in [-0.15, -0.1) is 0 Å².